The van der Waals surface area contributed by atoms with E-state index in [1.54, 1.807) is 0 Å². The Kier molecular flexibility index (Phi) is 3.97. The summed E-state index contributed by atoms with van der Waals surface area (Å²) in [6.07, 6.45) is 0. The highest BCUT2D eigenvalue weighted by Crippen LogP contribution is 2.28. The molecule has 0 unspecified atom stereocenters. The number of nitrogens with zero attached hydrogens (tertiary/aromatic N) is 1. The summed E-state index contributed by atoms with van der Waals surface area (Å²) in [6, 6.07) is 14.1. The van der Waals surface area contributed by atoms with Crippen LogP contribution in [-0.2, 0) is 6.54 Å². The molecule has 0 spiro atoms. The zero-order valence-corrected chi connectivity index (χ0v) is 12.9. The minimum Gasteiger partial charge on any atom is -1.00 e. The largest absolute Gasteiger partial charge is 1.00 e. The molecule has 0 radical (unpaired) electrons. The van der Waals surface area contributed by atoms with E-state index in [9.17, 15) is 0 Å². The molecule has 0 aromatic heterocycles. The lowest BCUT2D eigenvalue weighted by atomic mass is 10.1. The number of nitrogens with two attached hydrogens (primary N) is 1. The SMILES string of the molecule is Cc1ccc(Cl)cc1[N+]1=C(N)c2ccccc2C1.[Br-]. The Hall–Kier alpha value is -1.32. The first-order chi connectivity index (χ1) is 8.66. The van der Waals surface area contributed by atoms with E-state index in [2.05, 4.69) is 23.6 Å². The minimum atomic E-state index is 0. The van der Waals surface area contributed by atoms with Gasteiger partial charge in [0.2, 0.25) is 0 Å². The maximum absolute atomic E-state index is 6.24. The van der Waals surface area contributed by atoms with E-state index < -0.39 is 0 Å². The van der Waals surface area contributed by atoms with E-state index in [0.717, 1.165) is 28.7 Å². The summed E-state index contributed by atoms with van der Waals surface area (Å²) in [7, 11) is 0. The molecule has 98 valence electrons. The Labute approximate surface area is 128 Å². The molecule has 2 aromatic rings. The van der Waals surface area contributed by atoms with Crippen LogP contribution in [0.3, 0.4) is 0 Å². The minimum absolute atomic E-state index is 0. The Morgan fingerprint density at radius 3 is 2.63 bits per heavy atom. The normalized spacial score (nSPS) is 13.2. The topological polar surface area (TPSA) is 29.0 Å². The van der Waals surface area contributed by atoms with Gasteiger partial charge in [0.25, 0.3) is 5.84 Å². The van der Waals surface area contributed by atoms with Crippen molar-refractivity contribution in [3.63, 3.8) is 0 Å². The molecule has 0 bridgehead atoms. The molecule has 4 heteroatoms. The molecular formula is C15H14BrClN2. The van der Waals surface area contributed by atoms with Crippen molar-refractivity contribution in [3.05, 3.63) is 64.2 Å². The zero-order chi connectivity index (χ0) is 12.7. The average molecular weight is 338 g/mol. The Bertz CT molecular complexity index is 665. The highest BCUT2D eigenvalue weighted by molar-refractivity contribution is 6.30. The van der Waals surface area contributed by atoms with E-state index in [4.69, 9.17) is 17.3 Å². The Morgan fingerprint density at radius 1 is 1.16 bits per heavy atom. The molecule has 0 aliphatic carbocycles. The van der Waals surface area contributed by atoms with E-state index in [1.165, 1.54) is 11.1 Å². The van der Waals surface area contributed by atoms with E-state index in [0.29, 0.717) is 0 Å². The van der Waals surface area contributed by atoms with Crippen molar-refractivity contribution < 1.29 is 21.6 Å². The van der Waals surface area contributed by atoms with Crippen LogP contribution >= 0.6 is 11.6 Å². The molecule has 0 saturated carbocycles. The third-order valence-corrected chi connectivity index (χ3v) is 3.61. The predicted molar refractivity (Wildman–Crippen MR) is 74.6 cm³/mol. The molecule has 0 atom stereocenters. The molecule has 2 nitrogen and oxygen atoms in total. The lowest BCUT2D eigenvalue weighted by molar-refractivity contribution is -0.453. The number of fused-ring (bicyclic) bond motifs is 1. The number of amidine groups is 1. The first-order valence-electron chi connectivity index (χ1n) is 5.91. The van der Waals surface area contributed by atoms with Gasteiger partial charge in [0.1, 0.15) is 12.2 Å². The van der Waals surface area contributed by atoms with Crippen molar-refractivity contribution in [2.45, 2.75) is 13.5 Å². The van der Waals surface area contributed by atoms with Crippen LogP contribution in [-0.4, -0.2) is 10.4 Å². The maximum Gasteiger partial charge on any atom is 0.280 e. The fraction of sp³-hybridized carbons (Fsp3) is 0.133. The van der Waals surface area contributed by atoms with Crippen LogP contribution in [0.5, 0.6) is 0 Å². The van der Waals surface area contributed by atoms with Crippen LogP contribution < -0.4 is 22.7 Å². The Balaban J connectivity index is 0.00000133. The fourth-order valence-electron chi connectivity index (χ4n) is 2.40. The molecule has 0 saturated heterocycles. The summed E-state index contributed by atoms with van der Waals surface area (Å²) in [6.45, 7) is 2.88. The van der Waals surface area contributed by atoms with Gasteiger partial charge in [-0.1, -0.05) is 35.9 Å². The van der Waals surface area contributed by atoms with Crippen LogP contribution in [0.4, 0.5) is 5.69 Å². The van der Waals surface area contributed by atoms with Crippen LogP contribution in [0.2, 0.25) is 5.02 Å². The van der Waals surface area contributed by atoms with E-state index in [-0.39, 0.29) is 17.0 Å². The van der Waals surface area contributed by atoms with Gasteiger partial charge in [-0.3, -0.25) is 5.73 Å². The lowest BCUT2D eigenvalue weighted by Crippen LogP contribution is -3.00. The maximum atomic E-state index is 6.24. The van der Waals surface area contributed by atoms with Crippen molar-refractivity contribution in [2.75, 3.05) is 0 Å². The molecule has 2 N–H and O–H groups in total. The summed E-state index contributed by atoms with van der Waals surface area (Å²) in [5.74, 6) is 0.802. The summed E-state index contributed by atoms with van der Waals surface area (Å²) >= 11 is 6.08. The summed E-state index contributed by atoms with van der Waals surface area (Å²) in [5.41, 5.74) is 10.9. The monoisotopic (exact) mass is 336 g/mol. The fourth-order valence-corrected chi connectivity index (χ4v) is 2.56. The second kappa shape index (κ2) is 5.35. The number of rotatable bonds is 1. The third-order valence-electron chi connectivity index (χ3n) is 3.37. The number of benzene rings is 2. The average Bonchev–Trinajstić information content (AvgIpc) is 2.71. The van der Waals surface area contributed by atoms with Crippen molar-refractivity contribution in [1.82, 2.24) is 0 Å². The molecule has 0 fully saturated rings. The van der Waals surface area contributed by atoms with Gasteiger partial charge < -0.3 is 17.0 Å². The standard InChI is InChI=1S/C15H13ClN2.BrH/c1-10-6-7-12(16)8-14(10)18-9-11-4-2-3-5-13(11)15(18)17;/h2-8,17H,9H2,1H3;1H. The van der Waals surface area contributed by atoms with Gasteiger partial charge in [0.15, 0.2) is 0 Å². The molecule has 1 aliphatic rings. The summed E-state index contributed by atoms with van der Waals surface area (Å²) < 4.78 is 2.12. The van der Waals surface area contributed by atoms with Crippen molar-refractivity contribution >= 4 is 23.1 Å². The highest BCUT2D eigenvalue weighted by Gasteiger charge is 2.26. The molecular weight excluding hydrogens is 324 g/mol. The molecule has 0 amide bonds. The predicted octanol–water partition coefficient (Wildman–Crippen LogP) is 0.216. The van der Waals surface area contributed by atoms with Gasteiger partial charge >= 0.3 is 0 Å². The van der Waals surface area contributed by atoms with Gasteiger partial charge in [-0.25, -0.2) is 4.58 Å². The number of hydrogen-bond donors (Lipinski definition) is 1. The smallest absolute Gasteiger partial charge is 0.280 e. The van der Waals surface area contributed by atoms with E-state index >= 15 is 0 Å². The molecule has 1 aliphatic heterocycles. The molecule has 2 aromatic carbocycles. The van der Waals surface area contributed by atoms with Crippen molar-refractivity contribution in [2.24, 2.45) is 5.73 Å². The van der Waals surface area contributed by atoms with Crippen molar-refractivity contribution in [1.29, 1.82) is 0 Å². The third kappa shape index (κ3) is 2.40. The van der Waals surface area contributed by atoms with Gasteiger partial charge in [0.05, 0.1) is 5.56 Å². The molecule has 1 heterocycles. The first-order valence-corrected chi connectivity index (χ1v) is 6.29. The van der Waals surface area contributed by atoms with E-state index in [1.807, 2.05) is 30.3 Å². The van der Waals surface area contributed by atoms with Gasteiger partial charge in [-0.15, -0.1) is 0 Å². The molecule has 19 heavy (non-hydrogen) atoms. The first kappa shape index (κ1) is 14.1. The van der Waals surface area contributed by atoms with Gasteiger partial charge in [-0.05, 0) is 24.6 Å². The number of hydrogen-bond acceptors (Lipinski definition) is 1. The highest BCUT2D eigenvalue weighted by atomic mass is 79.9. The quantitative estimate of drug-likeness (QED) is 0.741. The van der Waals surface area contributed by atoms with Crippen LogP contribution in [0, 0.1) is 6.92 Å². The van der Waals surface area contributed by atoms with Crippen LogP contribution in [0.15, 0.2) is 42.5 Å². The summed E-state index contributed by atoms with van der Waals surface area (Å²) in [5, 5.41) is 0.736. The van der Waals surface area contributed by atoms with Gasteiger partial charge in [-0.2, -0.15) is 0 Å². The van der Waals surface area contributed by atoms with Crippen molar-refractivity contribution in [3.8, 4) is 0 Å². The zero-order valence-electron chi connectivity index (χ0n) is 10.5. The second-order valence-corrected chi connectivity index (χ2v) is 5.00. The molecule has 3 rings (SSSR count). The number of halogens is 2. The van der Waals surface area contributed by atoms with Gasteiger partial charge in [0, 0.05) is 16.7 Å². The van der Waals surface area contributed by atoms with Crippen LogP contribution in [0.25, 0.3) is 0 Å². The second-order valence-electron chi connectivity index (χ2n) is 4.56. The summed E-state index contributed by atoms with van der Waals surface area (Å²) in [4.78, 5) is 0. The Morgan fingerprint density at radius 2 is 1.89 bits per heavy atom. The number of aryl methyl sites for hydroxylation is 1. The lowest BCUT2D eigenvalue weighted by Gasteiger charge is -2.06. The van der Waals surface area contributed by atoms with Crippen LogP contribution in [0.1, 0.15) is 16.7 Å².